The molecule has 2 aromatic carbocycles. The molecule has 1 amide bonds. The number of piperazine rings is 1. The Morgan fingerprint density at radius 1 is 0.941 bits per heavy atom. The van der Waals surface area contributed by atoms with Crippen molar-refractivity contribution in [3.8, 4) is 0 Å². The average Bonchev–Trinajstić information content (AvgIpc) is 3.28. The Morgan fingerprint density at radius 3 is 2.38 bits per heavy atom. The van der Waals surface area contributed by atoms with Crippen molar-refractivity contribution in [2.24, 2.45) is 0 Å². The maximum absolute atomic E-state index is 13.4. The molecule has 1 aromatic heterocycles. The number of carbonyl (C=O) groups is 1. The quantitative estimate of drug-likeness (QED) is 0.530. The summed E-state index contributed by atoms with van der Waals surface area (Å²) in [6.45, 7) is 5.21. The molecule has 0 saturated carbocycles. The van der Waals surface area contributed by atoms with Gasteiger partial charge in [-0.25, -0.2) is 4.98 Å². The zero-order valence-electron chi connectivity index (χ0n) is 19.1. The van der Waals surface area contributed by atoms with E-state index >= 15 is 0 Å². The van der Waals surface area contributed by atoms with E-state index < -0.39 is 11.7 Å². The fourth-order valence-corrected chi connectivity index (χ4v) is 4.96. The first-order valence-corrected chi connectivity index (χ1v) is 11.7. The highest BCUT2D eigenvalue weighted by Crippen LogP contribution is 2.32. The van der Waals surface area contributed by atoms with Crippen LogP contribution >= 0.6 is 0 Å². The highest BCUT2D eigenvalue weighted by molar-refractivity contribution is 6.07. The second-order valence-corrected chi connectivity index (χ2v) is 9.06. The third kappa shape index (κ3) is 4.29. The van der Waals surface area contributed by atoms with Gasteiger partial charge in [0.1, 0.15) is 5.82 Å². The summed E-state index contributed by atoms with van der Waals surface area (Å²) in [5, 5.41) is 0.845. The number of fused-ring (bicyclic) bond motifs is 1. The minimum Gasteiger partial charge on any atom is -0.368 e. The van der Waals surface area contributed by atoms with E-state index in [0.717, 1.165) is 42.2 Å². The van der Waals surface area contributed by atoms with Gasteiger partial charge in [-0.05, 0) is 50.1 Å². The number of hydrogen-bond acceptors (Lipinski definition) is 4. The van der Waals surface area contributed by atoms with Crippen molar-refractivity contribution < 1.29 is 18.0 Å². The van der Waals surface area contributed by atoms with Gasteiger partial charge in [0, 0.05) is 49.8 Å². The predicted molar refractivity (Wildman–Crippen MR) is 127 cm³/mol. The predicted octanol–water partition coefficient (Wildman–Crippen LogP) is 5.20. The van der Waals surface area contributed by atoms with Crippen molar-refractivity contribution in [3.05, 3.63) is 65.7 Å². The molecule has 5 nitrogen and oxygen atoms in total. The monoisotopic (exact) mass is 468 g/mol. The van der Waals surface area contributed by atoms with E-state index in [1.807, 2.05) is 40.1 Å². The number of hydrogen-bond donors (Lipinski definition) is 0. The number of alkyl halides is 3. The van der Waals surface area contributed by atoms with E-state index in [2.05, 4.69) is 11.8 Å². The molecule has 5 rings (SSSR count). The van der Waals surface area contributed by atoms with Crippen LogP contribution in [0.1, 0.15) is 35.7 Å². The van der Waals surface area contributed by atoms with Crippen LogP contribution in [0.2, 0.25) is 0 Å². The maximum Gasteiger partial charge on any atom is 0.416 e. The van der Waals surface area contributed by atoms with Gasteiger partial charge in [-0.3, -0.25) is 4.79 Å². The molecule has 0 aliphatic carbocycles. The van der Waals surface area contributed by atoms with E-state index in [4.69, 9.17) is 4.98 Å². The van der Waals surface area contributed by atoms with Crippen LogP contribution in [0, 0.1) is 0 Å². The van der Waals surface area contributed by atoms with Crippen LogP contribution in [0.25, 0.3) is 10.9 Å². The van der Waals surface area contributed by atoms with Crippen molar-refractivity contribution in [3.63, 3.8) is 0 Å². The Bertz CT molecular complexity index is 1200. The van der Waals surface area contributed by atoms with E-state index in [0.29, 0.717) is 37.4 Å². The Labute approximate surface area is 196 Å². The lowest BCUT2D eigenvalue weighted by atomic mass is 10.1. The first kappa shape index (κ1) is 22.5. The van der Waals surface area contributed by atoms with E-state index in [-0.39, 0.29) is 11.9 Å². The number of rotatable bonds is 3. The van der Waals surface area contributed by atoms with Crippen LogP contribution in [0.3, 0.4) is 0 Å². The SMILES string of the molecule is C[C@@H]1CCCN1C(=O)c1cc(N2CCN(c3cccc(C(F)(F)F)c3)CC2)nc2ccccc12. The molecule has 34 heavy (non-hydrogen) atoms. The number of para-hydroxylation sites is 1. The number of nitrogens with zero attached hydrogens (tertiary/aromatic N) is 4. The van der Waals surface area contributed by atoms with Crippen LogP contribution in [0.5, 0.6) is 0 Å². The first-order valence-electron chi connectivity index (χ1n) is 11.7. The first-order chi connectivity index (χ1) is 16.3. The lowest BCUT2D eigenvalue weighted by molar-refractivity contribution is -0.137. The summed E-state index contributed by atoms with van der Waals surface area (Å²) < 4.78 is 39.4. The van der Waals surface area contributed by atoms with Crippen LogP contribution < -0.4 is 9.80 Å². The van der Waals surface area contributed by atoms with E-state index in [1.54, 1.807) is 6.07 Å². The summed E-state index contributed by atoms with van der Waals surface area (Å²) in [5.74, 6) is 0.769. The lowest BCUT2D eigenvalue weighted by Gasteiger charge is -2.37. The second kappa shape index (κ2) is 8.81. The Morgan fingerprint density at radius 2 is 1.68 bits per heavy atom. The number of halogens is 3. The van der Waals surface area contributed by atoms with Gasteiger partial charge in [0.05, 0.1) is 16.6 Å². The molecule has 2 fully saturated rings. The summed E-state index contributed by atoms with van der Waals surface area (Å²) in [4.78, 5) is 24.3. The molecule has 178 valence electrons. The minimum absolute atomic E-state index is 0.0347. The molecule has 0 radical (unpaired) electrons. The second-order valence-electron chi connectivity index (χ2n) is 9.06. The van der Waals surface area contributed by atoms with Gasteiger partial charge >= 0.3 is 6.18 Å². The van der Waals surface area contributed by atoms with Crippen LogP contribution in [-0.4, -0.2) is 54.6 Å². The maximum atomic E-state index is 13.4. The highest BCUT2D eigenvalue weighted by Gasteiger charge is 2.32. The Kier molecular flexibility index (Phi) is 5.83. The Hall–Kier alpha value is -3.29. The van der Waals surface area contributed by atoms with Crippen LogP contribution in [0.15, 0.2) is 54.6 Å². The number of pyridine rings is 1. The lowest BCUT2D eigenvalue weighted by Crippen LogP contribution is -2.47. The standard InChI is InChI=1S/C26H27F3N4O/c1-18-6-5-11-33(18)25(34)22-17-24(30-23-10-3-2-9-21(22)23)32-14-12-31(13-15-32)20-8-4-7-19(16-20)26(27,28)29/h2-4,7-10,16-18H,5-6,11-15H2,1H3/t18-/m1/s1. The number of benzene rings is 2. The summed E-state index contributed by atoms with van der Waals surface area (Å²) in [5.41, 5.74) is 1.37. The molecule has 2 aliphatic rings. The largest absolute Gasteiger partial charge is 0.416 e. The molecule has 0 unspecified atom stereocenters. The normalized spacial score (nSPS) is 19.2. The van der Waals surface area contributed by atoms with Gasteiger partial charge in [-0.15, -0.1) is 0 Å². The molecule has 0 bridgehead atoms. The third-order valence-corrected chi connectivity index (χ3v) is 6.89. The molecule has 1 atom stereocenters. The molecule has 2 saturated heterocycles. The molecule has 0 N–H and O–H groups in total. The fourth-order valence-electron chi connectivity index (χ4n) is 4.96. The number of anilines is 2. The van der Waals surface area contributed by atoms with Crippen LogP contribution in [-0.2, 0) is 6.18 Å². The van der Waals surface area contributed by atoms with Crippen molar-refractivity contribution in [2.45, 2.75) is 32.0 Å². The Balaban J connectivity index is 1.39. The van der Waals surface area contributed by atoms with Crippen molar-refractivity contribution in [1.82, 2.24) is 9.88 Å². The molecule has 3 aromatic rings. The summed E-state index contributed by atoms with van der Waals surface area (Å²) >= 11 is 0. The van der Waals surface area contributed by atoms with Gasteiger partial charge in [-0.1, -0.05) is 24.3 Å². The molecule has 2 aliphatic heterocycles. The third-order valence-electron chi connectivity index (χ3n) is 6.89. The number of aromatic nitrogens is 1. The minimum atomic E-state index is -4.36. The van der Waals surface area contributed by atoms with Gasteiger partial charge in [0.25, 0.3) is 5.91 Å². The summed E-state index contributed by atoms with van der Waals surface area (Å²) in [6.07, 6.45) is -2.33. The summed E-state index contributed by atoms with van der Waals surface area (Å²) in [6, 6.07) is 15.3. The van der Waals surface area contributed by atoms with E-state index in [1.165, 1.54) is 12.1 Å². The van der Waals surface area contributed by atoms with Gasteiger partial charge in [0.15, 0.2) is 0 Å². The molecule has 8 heteroatoms. The topological polar surface area (TPSA) is 39.7 Å². The number of amides is 1. The summed E-state index contributed by atoms with van der Waals surface area (Å²) in [7, 11) is 0. The fraction of sp³-hybridized carbons (Fsp3) is 0.385. The highest BCUT2D eigenvalue weighted by atomic mass is 19.4. The molecular formula is C26H27F3N4O. The van der Waals surface area contributed by atoms with Crippen molar-refractivity contribution >= 4 is 28.3 Å². The van der Waals surface area contributed by atoms with Crippen molar-refractivity contribution in [2.75, 3.05) is 42.5 Å². The van der Waals surface area contributed by atoms with E-state index in [9.17, 15) is 18.0 Å². The number of carbonyl (C=O) groups excluding carboxylic acids is 1. The molecular weight excluding hydrogens is 441 g/mol. The smallest absolute Gasteiger partial charge is 0.368 e. The zero-order chi connectivity index (χ0) is 23.9. The zero-order valence-corrected chi connectivity index (χ0v) is 19.1. The van der Waals surface area contributed by atoms with Gasteiger partial charge < -0.3 is 14.7 Å². The van der Waals surface area contributed by atoms with Crippen LogP contribution in [0.4, 0.5) is 24.7 Å². The molecule has 3 heterocycles. The molecule has 0 spiro atoms. The average molecular weight is 469 g/mol. The number of likely N-dealkylation sites (tertiary alicyclic amines) is 1. The van der Waals surface area contributed by atoms with Gasteiger partial charge in [0.2, 0.25) is 0 Å². The van der Waals surface area contributed by atoms with Crippen molar-refractivity contribution in [1.29, 1.82) is 0 Å². The van der Waals surface area contributed by atoms with Gasteiger partial charge in [-0.2, -0.15) is 13.2 Å².